The van der Waals surface area contributed by atoms with E-state index in [-0.39, 0.29) is 0 Å². The Kier molecular flexibility index (Phi) is 13.5. The summed E-state index contributed by atoms with van der Waals surface area (Å²) in [4.78, 5) is 0. The molecule has 0 aromatic carbocycles. The molecule has 0 aromatic rings. The van der Waals surface area contributed by atoms with Crippen LogP contribution in [0.2, 0.25) is 0 Å². The molecule has 0 heterocycles. The van der Waals surface area contributed by atoms with Crippen LogP contribution in [0.1, 0.15) is 52.4 Å². The summed E-state index contributed by atoms with van der Waals surface area (Å²) in [6, 6.07) is 0. The van der Waals surface area contributed by atoms with E-state index in [4.69, 9.17) is 26.6 Å². The Bertz CT molecular complexity index is 252. The lowest BCUT2D eigenvalue weighted by atomic mass is 10.3. The van der Waals surface area contributed by atoms with E-state index in [0.29, 0.717) is 13.2 Å². The van der Waals surface area contributed by atoms with E-state index < -0.39 is 17.9 Å². The van der Waals surface area contributed by atoms with Crippen molar-refractivity contribution < 1.29 is 26.6 Å². The van der Waals surface area contributed by atoms with Gasteiger partial charge in [0, 0.05) is 41.7 Å². The molecule has 0 unspecified atom stereocenters. The van der Waals surface area contributed by atoms with Gasteiger partial charge < -0.3 is 26.6 Å². The molecule has 0 atom stereocenters. The lowest BCUT2D eigenvalue weighted by Gasteiger charge is -2.34. The van der Waals surface area contributed by atoms with Crippen LogP contribution in [-0.4, -0.2) is 59.6 Å². The van der Waals surface area contributed by atoms with Crippen LogP contribution in [0.15, 0.2) is 0 Å². The summed E-state index contributed by atoms with van der Waals surface area (Å²) in [6.45, 7) is 5.41. The molecule has 0 fully saturated rings. The Hall–Kier alpha value is 0.154. The average molecular weight is 370 g/mol. The van der Waals surface area contributed by atoms with Crippen molar-refractivity contribution in [3.8, 4) is 0 Å². The molecular formula is C14H35NO6Si2. The second-order valence-electron chi connectivity index (χ2n) is 5.17. The van der Waals surface area contributed by atoms with Crippen LogP contribution in [0, 0.1) is 0 Å². The second kappa shape index (κ2) is 13.4. The standard InChI is InChI=1S/C14H35NO6Si2/c1-7-9-11-13-20-22(16-3,17-4)15-23(18-5,19-6)21-14-12-10-8-2/h15H,7-14H2,1-6H3. The summed E-state index contributed by atoms with van der Waals surface area (Å²) in [5.74, 6) is 0. The van der Waals surface area contributed by atoms with Gasteiger partial charge in [0.25, 0.3) is 0 Å². The molecule has 23 heavy (non-hydrogen) atoms. The van der Waals surface area contributed by atoms with E-state index in [1.807, 2.05) is 0 Å². The highest BCUT2D eigenvalue weighted by Crippen LogP contribution is 2.13. The van der Waals surface area contributed by atoms with E-state index >= 15 is 0 Å². The Morgan fingerprint density at radius 2 is 0.957 bits per heavy atom. The fourth-order valence-corrected chi connectivity index (χ4v) is 7.32. The molecule has 0 amide bonds. The van der Waals surface area contributed by atoms with E-state index in [0.717, 1.165) is 38.5 Å². The summed E-state index contributed by atoms with van der Waals surface area (Å²) in [7, 11) is 0.0334. The van der Waals surface area contributed by atoms with Crippen molar-refractivity contribution in [2.45, 2.75) is 52.4 Å². The quantitative estimate of drug-likeness (QED) is 0.331. The van der Waals surface area contributed by atoms with E-state index in [1.54, 1.807) is 28.4 Å². The van der Waals surface area contributed by atoms with Crippen molar-refractivity contribution in [2.24, 2.45) is 0 Å². The maximum Gasteiger partial charge on any atom is 0.594 e. The number of unbranched alkanes of at least 4 members (excludes halogenated alkanes) is 4. The fraction of sp³-hybridized carbons (Fsp3) is 1.00. The molecule has 7 nitrogen and oxygen atoms in total. The van der Waals surface area contributed by atoms with E-state index in [1.165, 1.54) is 0 Å². The second-order valence-corrected chi connectivity index (χ2v) is 10.6. The van der Waals surface area contributed by atoms with Gasteiger partial charge in [0.1, 0.15) is 0 Å². The van der Waals surface area contributed by atoms with Crippen molar-refractivity contribution in [1.29, 1.82) is 0 Å². The molecule has 0 aromatic heterocycles. The zero-order valence-corrected chi connectivity index (χ0v) is 17.6. The normalized spacial score (nSPS) is 12.8. The van der Waals surface area contributed by atoms with Crippen LogP contribution >= 0.6 is 0 Å². The zero-order valence-electron chi connectivity index (χ0n) is 15.6. The van der Waals surface area contributed by atoms with Crippen molar-refractivity contribution in [2.75, 3.05) is 41.7 Å². The molecule has 9 heteroatoms. The third-order valence-corrected chi connectivity index (χ3v) is 9.23. The van der Waals surface area contributed by atoms with Gasteiger partial charge in [0.15, 0.2) is 0 Å². The molecule has 0 spiro atoms. The predicted molar refractivity (Wildman–Crippen MR) is 93.6 cm³/mol. The van der Waals surface area contributed by atoms with Gasteiger partial charge in [-0.1, -0.05) is 39.5 Å². The van der Waals surface area contributed by atoms with Gasteiger partial charge in [0.2, 0.25) is 0 Å². The molecule has 1 N–H and O–H groups in total. The minimum atomic E-state index is -3.10. The van der Waals surface area contributed by atoms with Gasteiger partial charge >= 0.3 is 17.9 Å². The van der Waals surface area contributed by atoms with Gasteiger partial charge in [-0.05, 0) is 12.8 Å². The highest BCUT2D eigenvalue weighted by atomic mass is 28.5. The van der Waals surface area contributed by atoms with Gasteiger partial charge in [-0.15, -0.1) is 0 Å². The highest BCUT2D eigenvalue weighted by Gasteiger charge is 2.54. The minimum Gasteiger partial charge on any atom is -0.365 e. The maximum atomic E-state index is 5.89. The van der Waals surface area contributed by atoms with Crippen LogP contribution in [-0.2, 0) is 26.6 Å². The monoisotopic (exact) mass is 369 g/mol. The van der Waals surface area contributed by atoms with E-state index in [2.05, 4.69) is 18.5 Å². The lowest BCUT2D eigenvalue weighted by molar-refractivity contribution is 0.0544. The van der Waals surface area contributed by atoms with Crippen LogP contribution in [0.25, 0.3) is 0 Å². The number of hydrogen-bond donors (Lipinski definition) is 1. The Balaban J connectivity index is 4.77. The van der Waals surface area contributed by atoms with Crippen molar-refractivity contribution in [1.82, 2.24) is 4.65 Å². The third-order valence-electron chi connectivity index (χ3n) is 3.46. The summed E-state index contributed by atoms with van der Waals surface area (Å²) in [6.07, 6.45) is 6.35. The van der Waals surface area contributed by atoms with Crippen molar-refractivity contribution >= 4 is 17.9 Å². The maximum absolute atomic E-state index is 5.89. The smallest absolute Gasteiger partial charge is 0.365 e. The molecule has 0 aliphatic carbocycles. The van der Waals surface area contributed by atoms with Gasteiger partial charge in [-0.3, -0.25) is 0 Å². The topological polar surface area (TPSA) is 67.4 Å². The third kappa shape index (κ3) is 8.70. The molecule has 0 aliphatic heterocycles. The highest BCUT2D eigenvalue weighted by molar-refractivity contribution is 6.75. The Morgan fingerprint density at radius 3 is 1.22 bits per heavy atom. The molecule has 0 saturated carbocycles. The SMILES string of the molecule is CCCCCO[Si](N[Si](OC)(OC)OCCCCC)(OC)OC. The first-order valence-corrected chi connectivity index (χ1v) is 11.8. The molecule has 0 radical (unpaired) electrons. The molecule has 0 aliphatic rings. The number of rotatable bonds is 16. The summed E-state index contributed by atoms with van der Waals surface area (Å²) in [5, 5.41) is 0. The number of nitrogens with one attached hydrogen (secondary N) is 1. The summed E-state index contributed by atoms with van der Waals surface area (Å²) in [5.41, 5.74) is 0. The Morgan fingerprint density at radius 1 is 0.609 bits per heavy atom. The van der Waals surface area contributed by atoms with Gasteiger partial charge in [-0.25, -0.2) is 4.65 Å². The fourth-order valence-electron chi connectivity index (χ4n) is 1.98. The lowest BCUT2D eigenvalue weighted by Crippen LogP contribution is -2.72. The van der Waals surface area contributed by atoms with Gasteiger partial charge in [-0.2, -0.15) is 0 Å². The van der Waals surface area contributed by atoms with E-state index in [9.17, 15) is 0 Å². The largest absolute Gasteiger partial charge is 0.594 e. The molecule has 140 valence electrons. The first-order valence-electron chi connectivity index (χ1n) is 8.35. The summed E-state index contributed by atoms with van der Waals surface area (Å²) >= 11 is 0. The number of hydrogen-bond acceptors (Lipinski definition) is 7. The minimum absolute atomic E-state index is 0.558. The van der Waals surface area contributed by atoms with Crippen LogP contribution in [0.5, 0.6) is 0 Å². The van der Waals surface area contributed by atoms with Crippen molar-refractivity contribution in [3.63, 3.8) is 0 Å². The van der Waals surface area contributed by atoms with Crippen LogP contribution in [0.3, 0.4) is 0 Å². The van der Waals surface area contributed by atoms with Gasteiger partial charge in [0.05, 0.1) is 0 Å². The zero-order chi connectivity index (χ0) is 17.6. The van der Waals surface area contributed by atoms with Crippen LogP contribution < -0.4 is 4.65 Å². The predicted octanol–water partition coefficient (Wildman–Crippen LogP) is 2.45. The first-order chi connectivity index (χ1) is 11.1. The first kappa shape index (κ1) is 23.2. The average Bonchev–Trinajstić information content (AvgIpc) is 2.60. The molecular weight excluding hydrogens is 334 g/mol. The summed E-state index contributed by atoms with van der Waals surface area (Å²) < 4.78 is 37.1. The molecule has 0 bridgehead atoms. The molecule has 0 saturated heterocycles. The van der Waals surface area contributed by atoms with Crippen LogP contribution in [0.4, 0.5) is 0 Å². The van der Waals surface area contributed by atoms with Crippen molar-refractivity contribution in [3.05, 3.63) is 0 Å². The Labute approximate surface area is 143 Å². The molecule has 0 rings (SSSR count).